The van der Waals surface area contributed by atoms with Gasteiger partial charge in [0.15, 0.2) is 11.2 Å². The molecule has 0 amide bonds. The molecule has 0 aromatic carbocycles. The van der Waals surface area contributed by atoms with Crippen LogP contribution in [0.25, 0.3) is 0 Å². The highest BCUT2D eigenvalue weighted by molar-refractivity contribution is 7.79. The van der Waals surface area contributed by atoms with Crippen LogP contribution in [0.2, 0.25) is 0 Å². The van der Waals surface area contributed by atoms with Crippen LogP contribution in [-0.2, 0) is 43.6 Å². The molecule has 0 aliphatic carbocycles. The predicted molar refractivity (Wildman–Crippen MR) is 208 cm³/mol. The fourth-order valence-electron chi connectivity index (χ4n) is 11.4. The third-order valence-corrected chi connectivity index (χ3v) is 13.3. The van der Waals surface area contributed by atoms with E-state index in [1.807, 2.05) is 0 Å². The summed E-state index contributed by atoms with van der Waals surface area (Å²) in [5.74, 6) is -1.91. The Morgan fingerprint density at radius 2 is 0.704 bits per heavy atom. The Balaban J connectivity index is 0.00000105. The molecule has 12 heteroatoms. The molecule has 0 aromatic rings. The maximum absolute atomic E-state index is 8.74. The first-order valence-corrected chi connectivity index (χ1v) is 23.3. The fourth-order valence-corrected chi connectivity index (χ4v) is 11.4. The topological polar surface area (TPSA) is 139 Å². The summed E-state index contributed by atoms with van der Waals surface area (Å²) >= 11 is 0. The van der Waals surface area contributed by atoms with Crippen molar-refractivity contribution in [2.24, 2.45) is 0 Å². The number of rotatable bonds is 22. The van der Waals surface area contributed by atoms with Gasteiger partial charge in [0.2, 0.25) is 11.6 Å². The van der Waals surface area contributed by atoms with Gasteiger partial charge < -0.3 is 33.2 Å². The Morgan fingerprint density at radius 1 is 0.463 bits per heavy atom. The molecule has 0 bridgehead atoms. The summed E-state index contributed by atoms with van der Waals surface area (Å²) in [5.41, 5.74) is -2.19. The quantitative estimate of drug-likeness (QED) is 0.0801. The van der Waals surface area contributed by atoms with Gasteiger partial charge in [0.25, 0.3) is 0 Å². The minimum atomic E-state index is -4.67. The molecule has 6 rings (SSSR count). The summed E-state index contributed by atoms with van der Waals surface area (Å²) in [7, 11) is -4.67. The third kappa shape index (κ3) is 8.93. The van der Waals surface area contributed by atoms with Crippen LogP contribution in [0.15, 0.2) is 0 Å². The lowest BCUT2D eigenvalue weighted by molar-refractivity contribution is -0.572. The van der Waals surface area contributed by atoms with E-state index in [1.54, 1.807) is 0 Å². The SMILES string of the molecule is CCCCCCCCCC1(C2(C3(OC4(C5(C6(CCCCCCCCC)CC(C)O6)CC(C)O5)CC(C)O4)CC(C)O3)CC(C)O2)CC(C)O1.O=S(=O)(O)O. The van der Waals surface area contributed by atoms with Gasteiger partial charge in [0.1, 0.15) is 11.2 Å². The average molecular weight is 789 g/mol. The van der Waals surface area contributed by atoms with E-state index in [4.69, 9.17) is 50.7 Å². The second-order valence-corrected chi connectivity index (χ2v) is 19.1. The highest BCUT2D eigenvalue weighted by Gasteiger charge is 2.83. The van der Waals surface area contributed by atoms with Crippen molar-refractivity contribution in [2.75, 3.05) is 0 Å². The molecule has 12 unspecified atom stereocenters. The highest BCUT2D eigenvalue weighted by Crippen LogP contribution is 2.69. The van der Waals surface area contributed by atoms with Gasteiger partial charge in [-0.3, -0.25) is 9.11 Å². The van der Waals surface area contributed by atoms with E-state index >= 15 is 0 Å². The molecule has 0 radical (unpaired) electrons. The summed E-state index contributed by atoms with van der Waals surface area (Å²) in [6, 6.07) is 0. The second-order valence-electron chi connectivity index (χ2n) is 18.2. The van der Waals surface area contributed by atoms with Crippen LogP contribution in [0.4, 0.5) is 0 Å². The van der Waals surface area contributed by atoms with Gasteiger partial charge in [-0.25, -0.2) is 0 Å². The van der Waals surface area contributed by atoms with Crippen molar-refractivity contribution < 1.29 is 50.7 Å². The van der Waals surface area contributed by atoms with Crippen molar-refractivity contribution in [1.29, 1.82) is 0 Å². The Morgan fingerprint density at radius 3 is 0.944 bits per heavy atom. The summed E-state index contributed by atoms with van der Waals surface area (Å²) in [6.45, 7) is 17.7. The number of hydrogen-bond acceptors (Lipinski definition) is 9. The molecule has 316 valence electrons. The van der Waals surface area contributed by atoms with Crippen molar-refractivity contribution in [1.82, 2.24) is 0 Å². The van der Waals surface area contributed by atoms with Gasteiger partial charge in [0, 0.05) is 38.5 Å². The molecule has 6 aliphatic heterocycles. The van der Waals surface area contributed by atoms with Crippen molar-refractivity contribution in [2.45, 2.75) is 267 Å². The first-order valence-electron chi connectivity index (χ1n) is 21.9. The maximum Gasteiger partial charge on any atom is 0.394 e. The molecule has 6 fully saturated rings. The summed E-state index contributed by atoms with van der Waals surface area (Å²) < 4.78 is 81.1. The lowest BCUT2D eigenvalue weighted by Gasteiger charge is -2.75. The highest BCUT2D eigenvalue weighted by atomic mass is 32.3. The van der Waals surface area contributed by atoms with E-state index in [-0.39, 0.29) is 36.6 Å². The Hall–Kier alpha value is -0.410. The van der Waals surface area contributed by atoms with Gasteiger partial charge in [-0.2, -0.15) is 8.42 Å². The fraction of sp³-hybridized carbons (Fsp3) is 1.00. The van der Waals surface area contributed by atoms with Crippen LogP contribution in [0.1, 0.15) is 197 Å². The minimum Gasteiger partial charge on any atom is -0.369 e. The largest absolute Gasteiger partial charge is 0.394 e. The van der Waals surface area contributed by atoms with Crippen LogP contribution in [-0.4, -0.2) is 88.1 Å². The van der Waals surface area contributed by atoms with Gasteiger partial charge in [-0.15, -0.1) is 0 Å². The molecule has 12 atom stereocenters. The van der Waals surface area contributed by atoms with E-state index in [0.29, 0.717) is 0 Å². The zero-order chi connectivity index (χ0) is 39.5. The van der Waals surface area contributed by atoms with Gasteiger partial charge in [-0.05, 0) is 54.4 Å². The molecule has 54 heavy (non-hydrogen) atoms. The molecule has 0 aromatic heterocycles. The average Bonchev–Trinajstić information content (AvgIpc) is 2.99. The smallest absolute Gasteiger partial charge is 0.369 e. The van der Waals surface area contributed by atoms with Crippen molar-refractivity contribution in [3.63, 3.8) is 0 Å². The van der Waals surface area contributed by atoms with Gasteiger partial charge >= 0.3 is 10.4 Å². The number of unbranched alkanes of at least 4 members (excludes halogenated alkanes) is 12. The second kappa shape index (κ2) is 17.8. The first kappa shape index (κ1) is 44.7. The number of ether oxygens (including phenoxy) is 7. The minimum absolute atomic E-state index is 0.0814. The molecule has 0 spiro atoms. The lowest BCUT2D eigenvalue weighted by atomic mass is 9.58. The Bertz CT molecular complexity index is 1180. The number of hydrogen-bond donors (Lipinski definition) is 2. The Labute approximate surface area is 327 Å². The molecule has 6 aliphatic rings. The molecular formula is C42H76O11S. The van der Waals surface area contributed by atoms with Crippen LogP contribution >= 0.6 is 0 Å². The molecule has 0 saturated carbocycles. The van der Waals surface area contributed by atoms with E-state index in [0.717, 1.165) is 64.2 Å². The van der Waals surface area contributed by atoms with Crippen molar-refractivity contribution in [3.8, 4) is 0 Å². The summed E-state index contributed by atoms with van der Waals surface area (Å²) in [5, 5.41) is 0. The van der Waals surface area contributed by atoms with E-state index in [1.165, 1.54) is 77.0 Å². The summed E-state index contributed by atoms with van der Waals surface area (Å²) in [6.07, 6.45) is 25.9. The Kier molecular flexibility index (Phi) is 14.8. The van der Waals surface area contributed by atoms with Crippen LogP contribution in [0.3, 0.4) is 0 Å². The molecule has 6 heterocycles. The standard InChI is InChI=1S/C42H74O7.H2O4S/c1-9-11-13-15-17-19-21-23-37(25-31(3)43-37)39(27-33(5)45-39)41(29-35(7)47-41)49-42(30-36(8)48-42)40(28-34(6)46-40)38(26-32(4)44-38)24-22-20-18-16-14-12-10-2;1-5(2,3)4/h31-36H,9-30H2,1-8H3;(H2,1,2,3,4). The zero-order valence-corrected chi connectivity index (χ0v) is 35.8. The van der Waals surface area contributed by atoms with E-state index < -0.39 is 44.4 Å². The van der Waals surface area contributed by atoms with Crippen LogP contribution in [0.5, 0.6) is 0 Å². The predicted octanol–water partition coefficient (Wildman–Crippen LogP) is 9.83. The van der Waals surface area contributed by atoms with Crippen LogP contribution in [0, 0.1) is 0 Å². The maximum atomic E-state index is 8.74. The molecular weight excluding hydrogens is 713 g/mol. The van der Waals surface area contributed by atoms with Crippen molar-refractivity contribution in [3.05, 3.63) is 0 Å². The van der Waals surface area contributed by atoms with E-state index in [9.17, 15) is 0 Å². The van der Waals surface area contributed by atoms with Gasteiger partial charge in [-0.1, -0.05) is 104 Å². The zero-order valence-electron chi connectivity index (χ0n) is 35.0. The van der Waals surface area contributed by atoms with Crippen LogP contribution < -0.4 is 0 Å². The molecule has 6 saturated heterocycles. The van der Waals surface area contributed by atoms with Gasteiger partial charge in [0.05, 0.1) is 36.6 Å². The first-order chi connectivity index (χ1) is 25.4. The lowest BCUT2D eigenvalue weighted by Crippen LogP contribution is -2.89. The van der Waals surface area contributed by atoms with Crippen molar-refractivity contribution >= 4 is 10.4 Å². The molecule has 2 N–H and O–H groups in total. The van der Waals surface area contributed by atoms with E-state index in [2.05, 4.69) is 55.4 Å². The third-order valence-electron chi connectivity index (χ3n) is 13.3. The molecule has 11 nitrogen and oxygen atoms in total. The normalized spacial score (nSPS) is 44.0. The summed E-state index contributed by atoms with van der Waals surface area (Å²) in [4.78, 5) is 0. The monoisotopic (exact) mass is 789 g/mol.